The number of amides is 2. The van der Waals surface area contributed by atoms with Crippen molar-refractivity contribution in [1.82, 2.24) is 24.7 Å². The second-order valence-corrected chi connectivity index (χ2v) is 15.3. The Kier molecular flexibility index (Phi) is 9.29. The van der Waals surface area contributed by atoms with Crippen molar-refractivity contribution in [3.63, 3.8) is 0 Å². The number of thiophene rings is 1. The van der Waals surface area contributed by atoms with Gasteiger partial charge >= 0.3 is 18.2 Å². The van der Waals surface area contributed by atoms with Crippen LogP contribution in [0, 0.1) is 23.0 Å². The van der Waals surface area contributed by atoms with Crippen LogP contribution in [0.4, 0.5) is 42.0 Å². The molecule has 2 amide bonds. The van der Waals surface area contributed by atoms with Crippen molar-refractivity contribution in [3.8, 4) is 23.2 Å². The summed E-state index contributed by atoms with van der Waals surface area (Å²) in [6.07, 6.45) is -4.03. The highest BCUT2D eigenvalue weighted by molar-refractivity contribution is 7.23. The van der Waals surface area contributed by atoms with Crippen molar-refractivity contribution >= 4 is 49.2 Å². The number of fused-ring (bicyclic) bond motifs is 3. The Morgan fingerprint density at radius 3 is 2.66 bits per heavy atom. The molecule has 3 saturated heterocycles. The SMILES string of the molecule is CCN(c1nc(OCC23CCCN2CC(F)C3)nc2c(F)c(-c3ccc(F)c4sc(N)c(C#N)c34)c(C(F)(F)F)cc12)C1CCN(C(=O)N(C)C)C1C. The zero-order valence-electron chi connectivity index (χ0n) is 29.5. The minimum absolute atomic E-state index is 0.0250. The topological polar surface area (TPSA) is 115 Å². The molecule has 3 fully saturated rings. The summed E-state index contributed by atoms with van der Waals surface area (Å²) in [5.74, 6) is -2.24. The predicted molar refractivity (Wildman–Crippen MR) is 190 cm³/mol. The number of nitriles is 1. The molecule has 0 bridgehead atoms. The Morgan fingerprint density at radius 1 is 1.23 bits per heavy atom. The van der Waals surface area contributed by atoms with Crippen LogP contribution < -0.4 is 15.4 Å². The zero-order chi connectivity index (χ0) is 38.1. The summed E-state index contributed by atoms with van der Waals surface area (Å²) in [6.45, 7) is 5.11. The Bertz CT molecular complexity index is 2150. The Balaban J connectivity index is 1.46. The van der Waals surface area contributed by atoms with Crippen LogP contribution in [0.3, 0.4) is 0 Å². The third-order valence-electron chi connectivity index (χ3n) is 11.0. The number of benzene rings is 2. The molecule has 7 rings (SSSR count). The third kappa shape index (κ3) is 6.03. The lowest BCUT2D eigenvalue weighted by molar-refractivity contribution is -0.137. The molecule has 10 nitrogen and oxygen atoms in total. The van der Waals surface area contributed by atoms with E-state index < -0.39 is 58.2 Å². The molecular weight excluding hydrogens is 723 g/mol. The van der Waals surface area contributed by atoms with Gasteiger partial charge in [-0.25, -0.2) is 18.0 Å². The summed E-state index contributed by atoms with van der Waals surface area (Å²) < 4.78 is 98.3. The second kappa shape index (κ2) is 13.4. The first-order valence-electron chi connectivity index (χ1n) is 17.4. The first-order chi connectivity index (χ1) is 25.1. The number of nitrogen functional groups attached to an aromatic ring is 1. The maximum Gasteiger partial charge on any atom is 0.417 e. The lowest BCUT2D eigenvalue weighted by Crippen LogP contribution is -2.48. The zero-order valence-corrected chi connectivity index (χ0v) is 30.3. The number of carbonyl (C=O) groups excluding carboxylic acids is 1. The molecule has 4 unspecified atom stereocenters. The Labute approximate surface area is 305 Å². The van der Waals surface area contributed by atoms with Gasteiger partial charge in [0.25, 0.3) is 0 Å². The number of likely N-dealkylation sites (N-methyl/N-ethyl adjacent to an activating group) is 1. The number of rotatable bonds is 7. The van der Waals surface area contributed by atoms with Gasteiger partial charge in [0, 0.05) is 56.5 Å². The number of aromatic nitrogens is 2. The quantitative estimate of drug-likeness (QED) is 0.197. The van der Waals surface area contributed by atoms with E-state index in [4.69, 9.17) is 10.5 Å². The maximum absolute atomic E-state index is 17.3. The van der Waals surface area contributed by atoms with E-state index in [1.807, 2.05) is 17.9 Å². The van der Waals surface area contributed by atoms with Crippen LogP contribution >= 0.6 is 11.3 Å². The predicted octanol–water partition coefficient (Wildman–Crippen LogP) is 7.19. The molecule has 4 aromatic rings. The van der Waals surface area contributed by atoms with Gasteiger partial charge in [-0.3, -0.25) is 4.90 Å². The average Bonchev–Trinajstić information content (AvgIpc) is 3.85. The van der Waals surface area contributed by atoms with Crippen LogP contribution in [-0.4, -0.2) is 101 Å². The van der Waals surface area contributed by atoms with Crippen molar-refractivity contribution in [2.75, 3.05) is 57.5 Å². The van der Waals surface area contributed by atoms with Gasteiger partial charge in [0.05, 0.1) is 33.4 Å². The van der Waals surface area contributed by atoms with Crippen LogP contribution in [0.25, 0.3) is 32.1 Å². The number of likely N-dealkylation sites (tertiary alicyclic amines) is 1. The molecule has 0 aliphatic carbocycles. The lowest BCUT2D eigenvalue weighted by atomic mass is 9.92. The summed E-state index contributed by atoms with van der Waals surface area (Å²) >= 11 is 0.680. The third-order valence-corrected chi connectivity index (χ3v) is 12.0. The molecule has 2 aromatic carbocycles. The minimum atomic E-state index is -5.13. The number of hydrogen-bond acceptors (Lipinski definition) is 9. The van der Waals surface area contributed by atoms with Gasteiger partial charge < -0.3 is 25.2 Å². The van der Waals surface area contributed by atoms with Crippen LogP contribution in [0.15, 0.2) is 18.2 Å². The van der Waals surface area contributed by atoms with E-state index in [2.05, 4.69) is 9.97 Å². The fourth-order valence-corrected chi connectivity index (χ4v) is 9.48. The summed E-state index contributed by atoms with van der Waals surface area (Å²) in [7, 11) is 3.25. The lowest BCUT2D eigenvalue weighted by Gasteiger charge is -2.35. The first-order valence-corrected chi connectivity index (χ1v) is 18.2. The van der Waals surface area contributed by atoms with E-state index >= 15 is 17.6 Å². The van der Waals surface area contributed by atoms with E-state index in [0.29, 0.717) is 37.3 Å². The normalized spacial score (nSPS) is 23.2. The molecule has 0 radical (unpaired) electrons. The van der Waals surface area contributed by atoms with Crippen LogP contribution in [0.5, 0.6) is 6.01 Å². The summed E-state index contributed by atoms with van der Waals surface area (Å²) in [5, 5.41) is 9.25. The number of halogens is 6. The number of carbonyl (C=O) groups is 1. The molecule has 282 valence electrons. The fourth-order valence-electron chi connectivity index (χ4n) is 8.53. The van der Waals surface area contributed by atoms with Gasteiger partial charge in [-0.1, -0.05) is 6.07 Å². The van der Waals surface area contributed by atoms with Crippen LogP contribution in [-0.2, 0) is 6.18 Å². The molecule has 0 spiro atoms. The number of hydrogen-bond donors (Lipinski definition) is 1. The molecule has 0 saturated carbocycles. The van der Waals surface area contributed by atoms with E-state index in [-0.39, 0.29) is 75.6 Å². The summed E-state index contributed by atoms with van der Waals surface area (Å²) in [6, 6.07) is 3.13. The Morgan fingerprint density at radius 2 is 1.98 bits per heavy atom. The smallest absolute Gasteiger partial charge is 0.417 e. The highest BCUT2D eigenvalue weighted by Crippen LogP contribution is 2.48. The van der Waals surface area contributed by atoms with Crippen molar-refractivity contribution < 1.29 is 35.9 Å². The van der Waals surface area contributed by atoms with Crippen molar-refractivity contribution in [3.05, 3.63) is 41.0 Å². The molecule has 5 heterocycles. The van der Waals surface area contributed by atoms with Gasteiger partial charge in [-0.2, -0.15) is 28.4 Å². The van der Waals surface area contributed by atoms with E-state index in [1.54, 1.807) is 30.8 Å². The number of alkyl halides is 4. The molecule has 2 N–H and O–H groups in total. The number of nitrogens with zero attached hydrogens (tertiary/aromatic N) is 7. The van der Waals surface area contributed by atoms with Gasteiger partial charge in [0.2, 0.25) is 0 Å². The molecule has 3 aliphatic rings. The molecule has 17 heteroatoms. The number of anilines is 2. The van der Waals surface area contributed by atoms with E-state index in [0.717, 1.165) is 24.6 Å². The molecule has 2 aromatic heterocycles. The number of ether oxygens (including phenoxy) is 1. The van der Waals surface area contributed by atoms with Gasteiger partial charge in [0.15, 0.2) is 5.82 Å². The highest BCUT2D eigenvalue weighted by atomic mass is 32.1. The van der Waals surface area contributed by atoms with Crippen molar-refractivity contribution in [2.45, 2.75) is 69.5 Å². The average molecular weight is 761 g/mol. The first kappa shape index (κ1) is 36.8. The summed E-state index contributed by atoms with van der Waals surface area (Å²) in [4.78, 5) is 28.9. The maximum atomic E-state index is 17.3. The van der Waals surface area contributed by atoms with Gasteiger partial charge in [-0.05, 0) is 57.4 Å². The monoisotopic (exact) mass is 760 g/mol. The molecule has 53 heavy (non-hydrogen) atoms. The van der Waals surface area contributed by atoms with Gasteiger partial charge in [0.1, 0.15) is 41.0 Å². The molecule has 3 aliphatic heterocycles. The van der Waals surface area contributed by atoms with Crippen LogP contribution in [0.1, 0.15) is 50.7 Å². The summed E-state index contributed by atoms with van der Waals surface area (Å²) in [5.41, 5.74) is 1.89. The number of nitrogens with two attached hydrogens (primary N) is 1. The minimum Gasteiger partial charge on any atom is -0.461 e. The standard InChI is InChI=1S/C36H38F6N8O2S/c1-5-49(25-9-12-50(18(25)2)34(51)47(3)4)32-21-13-23(36(40,41)42)27(20-7-8-24(38)30-26(20)22(15-43)31(44)53-30)28(39)29(21)45-33(46-32)52-17-35-10-6-11-48(35)16-19(37)14-35/h7-8,13,18-19,25H,5-6,9-12,14,16-17,44H2,1-4H3. The highest BCUT2D eigenvalue weighted by Gasteiger charge is 2.50. The van der Waals surface area contributed by atoms with Gasteiger partial charge in [-0.15, -0.1) is 11.3 Å². The fraction of sp³-hybridized carbons (Fsp3) is 0.500. The molecular formula is C36H38F6N8O2S. The molecule has 4 atom stereocenters. The van der Waals surface area contributed by atoms with Crippen molar-refractivity contribution in [2.24, 2.45) is 0 Å². The second-order valence-electron chi connectivity index (χ2n) is 14.2. The van der Waals surface area contributed by atoms with Crippen molar-refractivity contribution in [1.29, 1.82) is 5.26 Å². The van der Waals surface area contributed by atoms with Crippen LogP contribution in [0.2, 0.25) is 0 Å². The Hall–Kier alpha value is -4.56. The van der Waals surface area contributed by atoms with E-state index in [1.165, 1.54) is 4.90 Å². The number of urea groups is 1. The van der Waals surface area contributed by atoms with E-state index in [9.17, 15) is 18.8 Å². The largest absolute Gasteiger partial charge is 0.461 e.